The van der Waals surface area contributed by atoms with Gasteiger partial charge in [-0.25, -0.2) is 9.18 Å². The first kappa shape index (κ1) is 27.7. The lowest BCUT2D eigenvalue weighted by atomic mass is 10.1. The fourth-order valence-corrected chi connectivity index (χ4v) is 5.55. The van der Waals surface area contributed by atoms with E-state index in [0.717, 1.165) is 11.1 Å². The van der Waals surface area contributed by atoms with Crippen LogP contribution in [0, 0.1) is 5.82 Å². The van der Waals surface area contributed by atoms with Crippen molar-refractivity contribution < 1.29 is 9.18 Å². The van der Waals surface area contributed by atoms with Gasteiger partial charge in [0.1, 0.15) is 5.82 Å². The molecule has 1 aromatic heterocycles. The number of amides is 2. The van der Waals surface area contributed by atoms with E-state index in [0.29, 0.717) is 38.9 Å². The number of benzene rings is 4. The van der Waals surface area contributed by atoms with Crippen molar-refractivity contribution in [2.75, 3.05) is 5.32 Å². The Morgan fingerprint density at radius 3 is 2.25 bits per heavy atom. The minimum absolute atomic E-state index is 0.0692. The Hall–Kier alpha value is -3.85. The van der Waals surface area contributed by atoms with Crippen molar-refractivity contribution in [1.82, 2.24) is 20.1 Å². The van der Waals surface area contributed by atoms with Gasteiger partial charge in [0.15, 0.2) is 11.0 Å². The van der Waals surface area contributed by atoms with Crippen LogP contribution in [-0.4, -0.2) is 20.8 Å². The van der Waals surface area contributed by atoms with Gasteiger partial charge in [0, 0.05) is 17.2 Å². The average molecular weight is 593 g/mol. The van der Waals surface area contributed by atoms with Crippen molar-refractivity contribution in [1.29, 1.82) is 0 Å². The Balaban J connectivity index is 1.53. The Morgan fingerprint density at radius 1 is 0.875 bits per heavy atom. The highest BCUT2D eigenvalue weighted by molar-refractivity contribution is 7.98. The van der Waals surface area contributed by atoms with Gasteiger partial charge in [0.05, 0.1) is 22.4 Å². The standard InChI is InChI=1S/C30H24Cl2FN5OS/c31-22-15-16-27(23(32)18-22)38-28(36-37-30(38)40-19-21-11-5-2-6-12-21)26(17-20-9-3-1-4-10-20)35-29(39)34-25-14-8-7-13-24(25)33/h1-16,18,26H,17,19H2,(H2,34,35,39). The minimum atomic E-state index is -0.639. The highest BCUT2D eigenvalue weighted by atomic mass is 35.5. The second-order valence-corrected chi connectivity index (χ2v) is 10.7. The Morgan fingerprint density at radius 2 is 1.55 bits per heavy atom. The molecule has 5 aromatic rings. The zero-order valence-electron chi connectivity index (χ0n) is 21.1. The summed E-state index contributed by atoms with van der Waals surface area (Å²) in [7, 11) is 0. The van der Waals surface area contributed by atoms with E-state index in [1.165, 1.54) is 23.9 Å². The maximum atomic E-state index is 14.3. The monoisotopic (exact) mass is 591 g/mol. The molecular formula is C30H24Cl2FN5OS. The first-order valence-corrected chi connectivity index (χ1v) is 14.2. The molecule has 202 valence electrons. The third-order valence-corrected chi connectivity index (χ3v) is 7.58. The lowest BCUT2D eigenvalue weighted by molar-refractivity contribution is 0.247. The van der Waals surface area contributed by atoms with Gasteiger partial charge in [0.25, 0.3) is 0 Å². The Bertz CT molecular complexity index is 1600. The first-order valence-electron chi connectivity index (χ1n) is 12.4. The maximum Gasteiger partial charge on any atom is 0.319 e. The number of hydrogen-bond donors (Lipinski definition) is 2. The molecule has 1 unspecified atom stereocenters. The van der Waals surface area contributed by atoms with Crippen molar-refractivity contribution >= 4 is 46.7 Å². The van der Waals surface area contributed by atoms with Crippen LogP contribution in [0.1, 0.15) is 23.0 Å². The molecule has 5 rings (SSSR count). The van der Waals surface area contributed by atoms with Gasteiger partial charge in [-0.1, -0.05) is 108 Å². The highest BCUT2D eigenvalue weighted by Crippen LogP contribution is 2.33. The molecule has 40 heavy (non-hydrogen) atoms. The Kier molecular flexibility index (Phi) is 9.01. The van der Waals surface area contributed by atoms with Crippen LogP contribution < -0.4 is 10.6 Å². The summed E-state index contributed by atoms with van der Waals surface area (Å²) in [5, 5.41) is 16.1. The summed E-state index contributed by atoms with van der Waals surface area (Å²) < 4.78 is 16.1. The summed E-state index contributed by atoms with van der Waals surface area (Å²) in [4.78, 5) is 13.1. The summed E-state index contributed by atoms with van der Waals surface area (Å²) in [5.41, 5.74) is 2.78. The number of thioether (sulfide) groups is 1. The van der Waals surface area contributed by atoms with Gasteiger partial charge >= 0.3 is 6.03 Å². The Labute approximate surface area is 245 Å². The molecular weight excluding hydrogens is 568 g/mol. The predicted molar refractivity (Wildman–Crippen MR) is 159 cm³/mol. The average Bonchev–Trinajstić information content (AvgIpc) is 3.37. The first-order chi connectivity index (χ1) is 19.5. The number of carbonyl (C=O) groups excluding carboxylic acids is 1. The number of anilines is 1. The fourth-order valence-electron chi connectivity index (χ4n) is 4.15. The number of nitrogens with one attached hydrogen (secondary N) is 2. The quantitative estimate of drug-likeness (QED) is 0.170. The summed E-state index contributed by atoms with van der Waals surface area (Å²) in [5.74, 6) is 0.578. The van der Waals surface area contributed by atoms with Crippen molar-refractivity contribution in [3.05, 3.63) is 136 Å². The van der Waals surface area contributed by atoms with Crippen LogP contribution in [0.3, 0.4) is 0 Å². The van der Waals surface area contributed by atoms with Gasteiger partial charge in [0.2, 0.25) is 0 Å². The molecule has 2 amide bonds. The number of aromatic nitrogens is 3. The number of rotatable bonds is 9. The highest BCUT2D eigenvalue weighted by Gasteiger charge is 2.26. The van der Waals surface area contributed by atoms with Gasteiger partial charge in [-0.15, -0.1) is 10.2 Å². The summed E-state index contributed by atoms with van der Waals surface area (Å²) in [6.45, 7) is 0. The third kappa shape index (κ3) is 6.83. The van der Waals surface area contributed by atoms with Crippen LogP contribution in [-0.2, 0) is 12.2 Å². The predicted octanol–water partition coefficient (Wildman–Crippen LogP) is 8.11. The second kappa shape index (κ2) is 13.0. The van der Waals surface area contributed by atoms with E-state index >= 15 is 0 Å². The second-order valence-electron chi connectivity index (χ2n) is 8.87. The van der Waals surface area contributed by atoms with E-state index in [9.17, 15) is 9.18 Å². The lowest BCUT2D eigenvalue weighted by Crippen LogP contribution is -2.35. The van der Waals surface area contributed by atoms with Crippen LogP contribution in [0.4, 0.5) is 14.9 Å². The summed E-state index contributed by atoms with van der Waals surface area (Å²) >= 11 is 14.4. The van der Waals surface area contributed by atoms with E-state index < -0.39 is 17.9 Å². The molecule has 2 N–H and O–H groups in total. The number of halogens is 3. The molecule has 10 heteroatoms. The molecule has 6 nitrogen and oxygen atoms in total. The lowest BCUT2D eigenvalue weighted by Gasteiger charge is -2.21. The maximum absolute atomic E-state index is 14.3. The molecule has 1 atom stereocenters. The minimum Gasteiger partial charge on any atom is -0.327 e. The van der Waals surface area contributed by atoms with Crippen molar-refractivity contribution in [2.45, 2.75) is 23.4 Å². The smallest absolute Gasteiger partial charge is 0.319 e. The van der Waals surface area contributed by atoms with E-state index in [-0.39, 0.29) is 5.69 Å². The molecule has 0 saturated heterocycles. The molecule has 0 aliphatic heterocycles. The zero-order chi connectivity index (χ0) is 27.9. The molecule has 0 aliphatic rings. The van der Waals surface area contributed by atoms with E-state index in [1.807, 2.05) is 65.2 Å². The molecule has 0 radical (unpaired) electrons. The SMILES string of the molecule is O=C(Nc1ccccc1F)NC(Cc1ccccc1)c1nnc(SCc2ccccc2)n1-c1ccc(Cl)cc1Cl. The number of para-hydroxylation sites is 1. The third-order valence-electron chi connectivity index (χ3n) is 6.04. The zero-order valence-corrected chi connectivity index (χ0v) is 23.4. The van der Waals surface area contributed by atoms with Crippen LogP contribution in [0.5, 0.6) is 0 Å². The number of nitrogens with zero attached hydrogens (tertiary/aromatic N) is 3. The molecule has 1 heterocycles. The van der Waals surface area contributed by atoms with Crippen LogP contribution in [0.25, 0.3) is 5.69 Å². The van der Waals surface area contributed by atoms with Crippen LogP contribution >= 0.6 is 35.0 Å². The van der Waals surface area contributed by atoms with Gasteiger partial charge in [-0.05, 0) is 41.5 Å². The van der Waals surface area contributed by atoms with Crippen molar-refractivity contribution in [3.63, 3.8) is 0 Å². The molecule has 0 aliphatic carbocycles. The normalized spacial score (nSPS) is 11.7. The van der Waals surface area contributed by atoms with E-state index in [4.69, 9.17) is 23.2 Å². The molecule has 0 spiro atoms. The van der Waals surface area contributed by atoms with E-state index in [2.05, 4.69) is 20.8 Å². The van der Waals surface area contributed by atoms with Crippen LogP contribution in [0.2, 0.25) is 10.0 Å². The van der Waals surface area contributed by atoms with Crippen molar-refractivity contribution in [3.8, 4) is 5.69 Å². The van der Waals surface area contributed by atoms with Crippen molar-refractivity contribution in [2.24, 2.45) is 0 Å². The molecule has 0 saturated carbocycles. The van der Waals surface area contributed by atoms with Gasteiger partial charge < -0.3 is 10.6 Å². The van der Waals surface area contributed by atoms with Gasteiger partial charge in [-0.2, -0.15) is 0 Å². The molecule has 0 fully saturated rings. The fraction of sp³-hybridized carbons (Fsp3) is 0.100. The van der Waals surface area contributed by atoms with E-state index in [1.54, 1.807) is 30.3 Å². The number of carbonyl (C=O) groups is 1. The topological polar surface area (TPSA) is 71.8 Å². The number of urea groups is 1. The number of hydrogen-bond acceptors (Lipinski definition) is 4. The summed E-state index contributed by atoms with van der Waals surface area (Å²) in [6.07, 6.45) is 0.401. The van der Waals surface area contributed by atoms with Crippen LogP contribution in [0.15, 0.2) is 108 Å². The summed E-state index contributed by atoms with van der Waals surface area (Å²) in [6, 6.07) is 29.7. The molecule has 4 aromatic carbocycles. The molecule has 0 bridgehead atoms. The largest absolute Gasteiger partial charge is 0.327 e. The van der Waals surface area contributed by atoms with Gasteiger partial charge in [-0.3, -0.25) is 4.57 Å².